The maximum atomic E-state index is 13.2. The van der Waals surface area contributed by atoms with Crippen LogP contribution in [0.4, 0.5) is 5.69 Å². The van der Waals surface area contributed by atoms with Gasteiger partial charge < -0.3 is 15.0 Å². The summed E-state index contributed by atoms with van der Waals surface area (Å²) in [5.41, 5.74) is 1.74. The highest BCUT2D eigenvalue weighted by Crippen LogP contribution is 2.27. The molecule has 2 aromatic rings. The molecular weight excluding hydrogens is 402 g/mol. The fourth-order valence-electron chi connectivity index (χ4n) is 3.35. The summed E-state index contributed by atoms with van der Waals surface area (Å²) in [6.45, 7) is 2.94. The molecule has 1 heterocycles. The third-order valence-electron chi connectivity index (χ3n) is 4.83. The van der Waals surface area contributed by atoms with Crippen molar-refractivity contribution in [2.45, 2.75) is 25.9 Å². The van der Waals surface area contributed by atoms with Crippen molar-refractivity contribution in [2.24, 2.45) is 0 Å². The van der Waals surface area contributed by atoms with Gasteiger partial charge in [0.15, 0.2) is 5.11 Å². The molecule has 0 spiro atoms. The minimum atomic E-state index is -0.704. The highest BCUT2D eigenvalue weighted by atomic mass is 32.1. The number of esters is 1. The van der Waals surface area contributed by atoms with Gasteiger partial charge in [-0.3, -0.25) is 9.59 Å². The van der Waals surface area contributed by atoms with E-state index >= 15 is 0 Å². The largest absolute Gasteiger partial charge is 0.465 e. The summed E-state index contributed by atoms with van der Waals surface area (Å²) in [6.07, 6.45) is 0.0238. The van der Waals surface area contributed by atoms with Crippen LogP contribution in [0.25, 0.3) is 0 Å². The van der Waals surface area contributed by atoms with Gasteiger partial charge >= 0.3 is 5.97 Å². The molecule has 1 atom stereocenters. The molecule has 8 heteroatoms. The zero-order chi connectivity index (χ0) is 21.7. The third kappa shape index (κ3) is 4.49. The number of hydrogen-bond donors (Lipinski definition) is 1. The molecule has 2 amide bonds. The maximum absolute atomic E-state index is 13.2. The lowest BCUT2D eigenvalue weighted by Gasteiger charge is -2.30. The van der Waals surface area contributed by atoms with E-state index < -0.39 is 12.0 Å². The zero-order valence-corrected chi connectivity index (χ0v) is 17.6. The number of carbonyl (C=O) groups is 3. The molecule has 7 nitrogen and oxygen atoms in total. The number of methoxy groups -OCH3 is 1. The number of carbonyl (C=O) groups excluding carboxylic acids is 3. The van der Waals surface area contributed by atoms with Crippen LogP contribution in [0.3, 0.4) is 0 Å². The van der Waals surface area contributed by atoms with Gasteiger partial charge in [0.2, 0.25) is 5.91 Å². The molecule has 0 aliphatic carbocycles. The highest BCUT2D eigenvalue weighted by Gasteiger charge is 2.43. The molecule has 1 saturated heterocycles. The molecule has 30 heavy (non-hydrogen) atoms. The van der Waals surface area contributed by atoms with Crippen LogP contribution < -0.4 is 10.2 Å². The van der Waals surface area contributed by atoms with Crippen molar-refractivity contribution in [3.63, 3.8) is 0 Å². The summed E-state index contributed by atoms with van der Waals surface area (Å²) in [5, 5.41) is 3.51. The standard InChI is InChI=1S/C22H23N3O4S/c1-3-23-22(30)24(14-15-7-5-4-6-8-15)18-13-19(26)25(20(18)27)17-11-9-16(10-12-17)21(28)29-2/h4-12,18H,3,13-14H2,1-2H3,(H,23,30)/t18-/m0/s1. The highest BCUT2D eigenvalue weighted by molar-refractivity contribution is 7.80. The predicted molar refractivity (Wildman–Crippen MR) is 117 cm³/mol. The molecule has 0 unspecified atom stereocenters. The third-order valence-corrected chi connectivity index (χ3v) is 5.21. The number of nitrogens with one attached hydrogen (secondary N) is 1. The molecule has 0 radical (unpaired) electrons. The van der Waals surface area contributed by atoms with E-state index in [9.17, 15) is 14.4 Å². The lowest BCUT2D eigenvalue weighted by molar-refractivity contribution is -0.122. The molecule has 0 aromatic heterocycles. The quantitative estimate of drug-likeness (QED) is 0.433. The lowest BCUT2D eigenvalue weighted by atomic mass is 10.1. The Bertz CT molecular complexity index is 947. The van der Waals surface area contributed by atoms with Crippen LogP contribution in [0.5, 0.6) is 0 Å². The first kappa shape index (κ1) is 21.4. The van der Waals surface area contributed by atoms with Crippen molar-refractivity contribution in [3.8, 4) is 0 Å². The van der Waals surface area contributed by atoms with E-state index in [2.05, 4.69) is 10.1 Å². The normalized spacial score (nSPS) is 15.8. The summed E-state index contributed by atoms with van der Waals surface area (Å²) >= 11 is 5.50. The van der Waals surface area contributed by atoms with Gasteiger partial charge in [-0.05, 0) is 49.0 Å². The minimum Gasteiger partial charge on any atom is -0.465 e. The lowest BCUT2D eigenvalue weighted by Crippen LogP contribution is -2.49. The number of benzene rings is 2. The van der Waals surface area contributed by atoms with Crippen molar-refractivity contribution in [3.05, 3.63) is 65.7 Å². The van der Waals surface area contributed by atoms with Gasteiger partial charge in [-0.25, -0.2) is 9.69 Å². The van der Waals surface area contributed by atoms with Crippen molar-refractivity contribution in [1.29, 1.82) is 0 Å². The Morgan fingerprint density at radius 2 is 1.83 bits per heavy atom. The number of hydrogen-bond acceptors (Lipinski definition) is 5. The monoisotopic (exact) mass is 425 g/mol. The Hall–Kier alpha value is -3.26. The van der Waals surface area contributed by atoms with E-state index in [0.29, 0.717) is 29.5 Å². The number of amides is 2. The van der Waals surface area contributed by atoms with Crippen LogP contribution in [0.1, 0.15) is 29.3 Å². The summed E-state index contributed by atoms with van der Waals surface area (Å²) in [6, 6.07) is 15.1. The first-order valence-corrected chi connectivity index (χ1v) is 10.0. The fourth-order valence-corrected chi connectivity index (χ4v) is 3.69. The molecule has 1 aliphatic heterocycles. The Morgan fingerprint density at radius 3 is 2.43 bits per heavy atom. The molecule has 0 saturated carbocycles. The number of thiocarbonyl (C=S) groups is 1. The summed E-state index contributed by atoms with van der Waals surface area (Å²) in [5.74, 6) is -1.14. The van der Waals surface area contributed by atoms with Gasteiger partial charge in [0.05, 0.1) is 24.8 Å². The SMILES string of the molecule is CCNC(=S)N(Cc1ccccc1)[C@H]1CC(=O)N(c2ccc(C(=O)OC)cc2)C1=O. The molecule has 2 aromatic carbocycles. The van der Waals surface area contributed by atoms with Crippen LogP contribution in [0.15, 0.2) is 54.6 Å². The van der Waals surface area contributed by atoms with Crippen LogP contribution in [0, 0.1) is 0 Å². The van der Waals surface area contributed by atoms with Gasteiger partial charge in [0.25, 0.3) is 5.91 Å². The minimum absolute atomic E-state index is 0.0238. The van der Waals surface area contributed by atoms with E-state index in [-0.39, 0.29) is 18.2 Å². The number of nitrogens with zero attached hydrogens (tertiary/aromatic N) is 2. The molecule has 1 aliphatic rings. The number of anilines is 1. The second-order valence-electron chi connectivity index (χ2n) is 6.77. The first-order chi connectivity index (χ1) is 14.5. The van der Waals surface area contributed by atoms with E-state index in [0.717, 1.165) is 10.5 Å². The van der Waals surface area contributed by atoms with Crippen molar-refractivity contribution in [2.75, 3.05) is 18.6 Å². The van der Waals surface area contributed by atoms with E-state index in [1.165, 1.54) is 19.2 Å². The number of rotatable bonds is 6. The van der Waals surface area contributed by atoms with Crippen molar-refractivity contribution >= 4 is 40.8 Å². The number of imide groups is 1. The molecule has 1 N–H and O–H groups in total. The van der Waals surface area contributed by atoms with Gasteiger partial charge in [-0.15, -0.1) is 0 Å². The predicted octanol–water partition coefficient (Wildman–Crippen LogP) is 2.50. The summed E-state index contributed by atoms with van der Waals surface area (Å²) in [7, 11) is 1.29. The second-order valence-corrected chi connectivity index (χ2v) is 7.16. The zero-order valence-electron chi connectivity index (χ0n) is 16.8. The second kappa shape index (κ2) is 9.49. The van der Waals surface area contributed by atoms with E-state index in [1.807, 2.05) is 37.3 Å². The maximum Gasteiger partial charge on any atom is 0.337 e. The number of ether oxygens (including phenoxy) is 1. The van der Waals surface area contributed by atoms with Gasteiger partial charge in [-0.2, -0.15) is 0 Å². The summed E-state index contributed by atoms with van der Waals surface area (Å²) in [4.78, 5) is 40.5. The van der Waals surface area contributed by atoms with E-state index in [4.69, 9.17) is 12.2 Å². The Balaban J connectivity index is 1.86. The van der Waals surface area contributed by atoms with Gasteiger partial charge in [0, 0.05) is 13.1 Å². The average Bonchev–Trinajstić information content (AvgIpc) is 3.06. The van der Waals surface area contributed by atoms with Crippen molar-refractivity contribution < 1.29 is 19.1 Å². The topological polar surface area (TPSA) is 79.0 Å². The van der Waals surface area contributed by atoms with Crippen molar-refractivity contribution in [1.82, 2.24) is 10.2 Å². The Labute approximate surface area is 180 Å². The van der Waals surface area contributed by atoms with Gasteiger partial charge in [0.1, 0.15) is 6.04 Å². The molecule has 1 fully saturated rings. The first-order valence-electron chi connectivity index (χ1n) is 9.59. The average molecular weight is 426 g/mol. The molecule has 156 valence electrons. The Morgan fingerprint density at radius 1 is 1.17 bits per heavy atom. The molecular formula is C22H23N3O4S. The van der Waals surface area contributed by atoms with Crippen LogP contribution in [0.2, 0.25) is 0 Å². The summed E-state index contributed by atoms with van der Waals surface area (Å²) < 4.78 is 4.68. The molecule has 3 rings (SSSR count). The smallest absolute Gasteiger partial charge is 0.337 e. The Kier molecular flexibility index (Phi) is 6.79. The van der Waals surface area contributed by atoms with E-state index in [1.54, 1.807) is 17.0 Å². The van der Waals surface area contributed by atoms with Crippen LogP contribution >= 0.6 is 12.2 Å². The fraction of sp³-hybridized carbons (Fsp3) is 0.273. The van der Waals surface area contributed by atoms with Crippen LogP contribution in [-0.4, -0.2) is 47.5 Å². The van der Waals surface area contributed by atoms with Crippen LogP contribution in [-0.2, 0) is 20.9 Å². The molecule has 0 bridgehead atoms. The van der Waals surface area contributed by atoms with Gasteiger partial charge in [-0.1, -0.05) is 30.3 Å².